The third-order valence-corrected chi connectivity index (χ3v) is 4.86. The van der Waals surface area contributed by atoms with Crippen molar-refractivity contribution in [2.75, 3.05) is 11.3 Å². The lowest BCUT2D eigenvalue weighted by Gasteiger charge is -2.09. The van der Waals surface area contributed by atoms with Crippen molar-refractivity contribution in [1.29, 1.82) is 0 Å². The highest BCUT2D eigenvalue weighted by Gasteiger charge is 2.15. The first-order valence-corrected chi connectivity index (χ1v) is 9.33. The van der Waals surface area contributed by atoms with Crippen LogP contribution in [0.5, 0.6) is 0 Å². The van der Waals surface area contributed by atoms with Crippen LogP contribution in [0, 0.1) is 5.92 Å². The van der Waals surface area contributed by atoms with E-state index in [9.17, 15) is 13.2 Å². The first kappa shape index (κ1) is 18.0. The fourth-order valence-corrected chi connectivity index (χ4v) is 3.14. The van der Waals surface area contributed by atoms with Gasteiger partial charge in [0.15, 0.2) is 0 Å². The van der Waals surface area contributed by atoms with Gasteiger partial charge in [-0.15, -0.1) is 0 Å². The van der Waals surface area contributed by atoms with Crippen molar-refractivity contribution in [3.05, 3.63) is 60.2 Å². The maximum absolute atomic E-state index is 12.3. The van der Waals surface area contributed by atoms with E-state index in [-0.39, 0.29) is 10.8 Å². The Hall–Kier alpha value is -2.34. The minimum atomic E-state index is -3.67. The Labute approximate surface area is 143 Å². The molecule has 0 atom stereocenters. The van der Waals surface area contributed by atoms with Gasteiger partial charge in [0, 0.05) is 17.8 Å². The van der Waals surface area contributed by atoms with Crippen LogP contribution in [-0.2, 0) is 10.0 Å². The van der Waals surface area contributed by atoms with E-state index in [2.05, 4.69) is 23.9 Å². The lowest BCUT2D eigenvalue weighted by atomic mass is 10.1. The number of anilines is 1. The first-order valence-electron chi connectivity index (χ1n) is 7.84. The number of hydrogen-bond donors (Lipinski definition) is 2. The van der Waals surface area contributed by atoms with E-state index in [1.54, 1.807) is 24.3 Å². The summed E-state index contributed by atoms with van der Waals surface area (Å²) in [6, 6.07) is 14.6. The van der Waals surface area contributed by atoms with E-state index in [0.717, 1.165) is 6.42 Å². The van der Waals surface area contributed by atoms with Gasteiger partial charge in [-0.05, 0) is 48.7 Å². The second-order valence-electron chi connectivity index (χ2n) is 5.93. The van der Waals surface area contributed by atoms with Crippen molar-refractivity contribution in [2.24, 2.45) is 5.92 Å². The van der Waals surface area contributed by atoms with Crippen molar-refractivity contribution in [2.45, 2.75) is 25.2 Å². The molecule has 0 aliphatic rings. The summed E-state index contributed by atoms with van der Waals surface area (Å²) in [5.74, 6) is 0.317. The van der Waals surface area contributed by atoms with Gasteiger partial charge in [0.1, 0.15) is 0 Å². The fourth-order valence-electron chi connectivity index (χ4n) is 2.08. The third kappa shape index (κ3) is 5.09. The number of carbonyl (C=O) groups excluding carboxylic acids is 1. The van der Waals surface area contributed by atoms with Gasteiger partial charge >= 0.3 is 0 Å². The van der Waals surface area contributed by atoms with E-state index in [1.807, 2.05) is 6.07 Å². The largest absolute Gasteiger partial charge is 0.352 e. The monoisotopic (exact) mass is 346 g/mol. The van der Waals surface area contributed by atoms with Crippen LogP contribution in [0.15, 0.2) is 59.5 Å². The van der Waals surface area contributed by atoms with Gasteiger partial charge in [0.2, 0.25) is 0 Å². The maximum atomic E-state index is 12.3. The molecule has 2 aromatic carbocycles. The number of carbonyl (C=O) groups is 1. The molecule has 0 aliphatic carbocycles. The highest BCUT2D eigenvalue weighted by Crippen LogP contribution is 2.16. The topological polar surface area (TPSA) is 75.3 Å². The molecule has 6 heteroatoms. The third-order valence-electron chi connectivity index (χ3n) is 3.46. The van der Waals surface area contributed by atoms with E-state index in [4.69, 9.17) is 0 Å². The molecule has 24 heavy (non-hydrogen) atoms. The van der Waals surface area contributed by atoms with Crippen LogP contribution in [0.1, 0.15) is 30.6 Å². The van der Waals surface area contributed by atoms with Crippen LogP contribution in [-0.4, -0.2) is 20.9 Å². The Balaban J connectivity index is 2.04. The maximum Gasteiger partial charge on any atom is 0.261 e. The molecule has 0 radical (unpaired) electrons. The van der Waals surface area contributed by atoms with Crippen molar-refractivity contribution >= 4 is 21.6 Å². The summed E-state index contributed by atoms with van der Waals surface area (Å²) in [5, 5.41) is 2.82. The van der Waals surface area contributed by atoms with Gasteiger partial charge < -0.3 is 5.32 Å². The molecule has 0 heterocycles. The average Bonchev–Trinajstić information content (AvgIpc) is 2.55. The number of sulfonamides is 1. The Morgan fingerprint density at radius 3 is 2.21 bits per heavy atom. The van der Waals surface area contributed by atoms with E-state index in [1.165, 1.54) is 24.3 Å². The number of rotatable bonds is 7. The zero-order chi connectivity index (χ0) is 17.6. The molecule has 0 bridgehead atoms. The molecule has 0 aliphatic heterocycles. The summed E-state index contributed by atoms with van der Waals surface area (Å²) in [5.41, 5.74) is 0.936. The normalized spacial score (nSPS) is 11.3. The van der Waals surface area contributed by atoms with Crippen LogP contribution >= 0.6 is 0 Å². The highest BCUT2D eigenvalue weighted by atomic mass is 32.2. The standard InChI is InChI=1S/C18H22N2O3S/c1-14(2)12-13-19-18(21)15-8-10-17(11-9-15)24(22,23)20-16-6-4-3-5-7-16/h3-11,14,20H,12-13H2,1-2H3,(H,19,21). The fraction of sp³-hybridized carbons (Fsp3) is 0.278. The highest BCUT2D eigenvalue weighted by molar-refractivity contribution is 7.92. The van der Waals surface area contributed by atoms with E-state index in [0.29, 0.717) is 23.7 Å². The molecule has 2 N–H and O–H groups in total. The molecular weight excluding hydrogens is 324 g/mol. The summed E-state index contributed by atoms with van der Waals surface area (Å²) < 4.78 is 27.1. The SMILES string of the molecule is CC(C)CCNC(=O)c1ccc(S(=O)(=O)Nc2ccccc2)cc1. The van der Waals surface area contributed by atoms with Gasteiger partial charge in [-0.1, -0.05) is 32.0 Å². The number of nitrogens with one attached hydrogen (secondary N) is 2. The van der Waals surface area contributed by atoms with Crippen molar-refractivity contribution in [1.82, 2.24) is 5.32 Å². The minimum absolute atomic E-state index is 0.116. The lowest BCUT2D eigenvalue weighted by molar-refractivity contribution is 0.0952. The summed E-state index contributed by atoms with van der Waals surface area (Å²) in [6.07, 6.45) is 0.902. The smallest absolute Gasteiger partial charge is 0.261 e. The van der Waals surface area contributed by atoms with Gasteiger partial charge in [-0.2, -0.15) is 0 Å². The zero-order valence-corrected chi connectivity index (χ0v) is 14.6. The summed E-state index contributed by atoms with van der Waals surface area (Å²) in [6.45, 7) is 4.78. The second-order valence-corrected chi connectivity index (χ2v) is 7.62. The van der Waals surface area contributed by atoms with Crippen LogP contribution in [0.4, 0.5) is 5.69 Å². The zero-order valence-electron chi connectivity index (χ0n) is 13.8. The van der Waals surface area contributed by atoms with E-state index >= 15 is 0 Å². The number of benzene rings is 2. The second kappa shape index (κ2) is 7.97. The molecule has 2 aromatic rings. The van der Waals surface area contributed by atoms with Crippen LogP contribution in [0.3, 0.4) is 0 Å². The predicted molar refractivity (Wildman–Crippen MR) is 95.5 cm³/mol. The Bertz CT molecular complexity index is 770. The van der Waals surface area contributed by atoms with Crippen LogP contribution < -0.4 is 10.0 Å². The Morgan fingerprint density at radius 1 is 1.00 bits per heavy atom. The van der Waals surface area contributed by atoms with Crippen LogP contribution in [0.2, 0.25) is 0 Å². The molecule has 0 aromatic heterocycles. The molecule has 1 amide bonds. The van der Waals surface area contributed by atoms with Gasteiger partial charge in [0.05, 0.1) is 4.90 Å². The molecule has 0 saturated heterocycles. The molecule has 0 unspecified atom stereocenters. The molecule has 128 valence electrons. The van der Waals surface area contributed by atoms with Gasteiger partial charge in [-0.3, -0.25) is 9.52 Å². The number of hydrogen-bond acceptors (Lipinski definition) is 3. The van der Waals surface area contributed by atoms with Gasteiger partial charge in [-0.25, -0.2) is 8.42 Å². The Kier molecular flexibility index (Phi) is 5.98. The lowest BCUT2D eigenvalue weighted by Crippen LogP contribution is -2.25. The van der Waals surface area contributed by atoms with Gasteiger partial charge in [0.25, 0.3) is 15.9 Å². The summed E-state index contributed by atoms with van der Waals surface area (Å²) in [7, 11) is -3.67. The molecule has 2 rings (SSSR count). The molecule has 0 saturated carbocycles. The number of amides is 1. The minimum Gasteiger partial charge on any atom is -0.352 e. The summed E-state index contributed by atoms with van der Waals surface area (Å²) in [4.78, 5) is 12.1. The van der Waals surface area contributed by atoms with Crippen molar-refractivity contribution < 1.29 is 13.2 Å². The quantitative estimate of drug-likeness (QED) is 0.808. The Morgan fingerprint density at radius 2 is 1.62 bits per heavy atom. The van der Waals surface area contributed by atoms with E-state index < -0.39 is 10.0 Å². The average molecular weight is 346 g/mol. The molecular formula is C18H22N2O3S. The van der Waals surface area contributed by atoms with Crippen molar-refractivity contribution in [3.8, 4) is 0 Å². The van der Waals surface area contributed by atoms with Crippen LogP contribution in [0.25, 0.3) is 0 Å². The molecule has 0 fully saturated rings. The molecule has 0 spiro atoms. The summed E-state index contributed by atoms with van der Waals surface area (Å²) >= 11 is 0. The predicted octanol–water partition coefficient (Wildman–Crippen LogP) is 3.26. The van der Waals surface area contributed by atoms with Crippen molar-refractivity contribution in [3.63, 3.8) is 0 Å². The first-order chi connectivity index (χ1) is 11.4. The molecule has 5 nitrogen and oxygen atoms in total. The number of para-hydroxylation sites is 1.